The fraction of sp³-hybridized carbons (Fsp3) is 0.846. The van der Waals surface area contributed by atoms with Crippen LogP contribution in [0.5, 0.6) is 0 Å². The van der Waals surface area contributed by atoms with Crippen molar-refractivity contribution < 1.29 is 0 Å². The number of hydrogen-bond acceptors (Lipinski definition) is 2. The zero-order chi connectivity index (χ0) is 11.1. The van der Waals surface area contributed by atoms with Gasteiger partial charge in [0, 0.05) is 25.2 Å². The van der Waals surface area contributed by atoms with E-state index in [2.05, 4.69) is 30.6 Å². The summed E-state index contributed by atoms with van der Waals surface area (Å²) in [6.07, 6.45) is 7.16. The van der Waals surface area contributed by atoms with Crippen LogP contribution in [-0.2, 0) is 0 Å². The second-order valence-electron chi connectivity index (χ2n) is 4.58. The number of rotatable bonds is 9. The Hall–Kier alpha value is -0.340. The zero-order valence-electron chi connectivity index (χ0n) is 10.3. The van der Waals surface area contributed by atoms with E-state index < -0.39 is 0 Å². The van der Waals surface area contributed by atoms with Gasteiger partial charge in [-0.2, -0.15) is 0 Å². The summed E-state index contributed by atoms with van der Waals surface area (Å²) in [6.45, 7) is 11.8. The van der Waals surface area contributed by atoms with Gasteiger partial charge in [0.05, 0.1) is 0 Å². The fourth-order valence-electron chi connectivity index (χ4n) is 1.96. The Morgan fingerprint density at radius 3 is 2.80 bits per heavy atom. The van der Waals surface area contributed by atoms with E-state index in [-0.39, 0.29) is 0 Å². The molecule has 0 amide bonds. The predicted octanol–water partition coefficient (Wildman–Crippen LogP) is 2.42. The Kier molecular flexibility index (Phi) is 5.96. The average Bonchev–Trinajstić information content (AvgIpc) is 3.05. The molecule has 1 atom stereocenters. The predicted molar refractivity (Wildman–Crippen MR) is 67.2 cm³/mol. The Labute approximate surface area is 94.7 Å². The summed E-state index contributed by atoms with van der Waals surface area (Å²) in [5, 5.41) is 3.58. The minimum Gasteiger partial charge on any atom is -0.313 e. The smallest absolute Gasteiger partial charge is 0.0110 e. The summed E-state index contributed by atoms with van der Waals surface area (Å²) >= 11 is 0. The van der Waals surface area contributed by atoms with Crippen LogP contribution in [0.3, 0.4) is 0 Å². The average molecular weight is 210 g/mol. The molecular formula is C13H26N2. The van der Waals surface area contributed by atoms with Gasteiger partial charge >= 0.3 is 0 Å². The van der Waals surface area contributed by atoms with E-state index in [0.717, 1.165) is 19.0 Å². The highest BCUT2D eigenvalue weighted by Crippen LogP contribution is 2.25. The van der Waals surface area contributed by atoms with Gasteiger partial charge in [-0.3, -0.25) is 4.90 Å². The number of hydrogen-bond donors (Lipinski definition) is 1. The third kappa shape index (κ3) is 5.33. The Morgan fingerprint density at radius 1 is 1.53 bits per heavy atom. The van der Waals surface area contributed by atoms with E-state index in [1.54, 1.807) is 0 Å². The first-order chi connectivity index (χ1) is 7.27. The summed E-state index contributed by atoms with van der Waals surface area (Å²) in [7, 11) is 0. The molecule has 0 heterocycles. The zero-order valence-corrected chi connectivity index (χ0v) is 10.3. The van der Waals surface area contributed by atoms with Crippen LogP contribution in [0.15, 0.2) is 12.7 Å². The minimum absolute atomic E-state index is 0.626. The van der Waals surface area contributed by atoms with Crippen LogP contribution >= 0.6 is 0 Å². The van der Waals surface area contributed by atoms with Crippen LogP contribution in [-0.4, -0.2) is 36.6 Å². The number of nitrogens with one attached hydrogen (secondary N) is 1. The molecule has 1 fully saturated rings. The van der Waals surface area contributed by atoms with Crippen molar-refractivity contribution in [3.05, 3.63) is 12.7 Å². The van der Waals surface area contributed by atoms with E-state index in [9.17, 15) is 0 Å². The molecule has 0 aromatic heterocycles. The van der Waals surface area contributed by atoms with E-state index in [0.29, 0.717) is 6.04 Å². The fourth-order valence-corrected chi connectivity index (χ4v) is 1.96. The molecule has 88 valence electrons. The highest BCUT2D eigenvalue weighted by molar-refractivity contribution is 4.84. The van der Waals surface area contributed by atoms with Crippen molar-refractivity contribution in [2.45, 2.75) is 51.6 Å². The molecule has 2 nitrogen and oxygen atoms in total. The number of likely N-dealkylation sites (N-methyl/N-ethyl adjacent to an activating group) is 1. The lowest BCUT2D eigenvalue weighted by Gasteiger charge is -2.21. The standard InChI is InChI=1S/C13H26N2/c1-4-6-7-12(3)14-10-11-15(5-2)13-8-9-13/h4,12-14H,1,5-11H2,2-3H3. The van der Waals surface area contributed by atoms with Gasteiger partial charge in [-0.25, -0.2) is 0 Å². The van der Waals surface area contributed by atoms with Crippen molar-refractivity contribution in [1.82, 2.24) is 10.2 Å². The molecule has 0 spiro atoms. The first-order valence-corrected chi connectivity index (χ1v) is 6.36. The van der Waals surface area contributed by atoms with Gasteiger partial charge < -0.3 is 5.32 Å². The second kappa shape index (κ2) is 7.02. The largest absolute Gasteiger partial charge is 0.313 e. The summed E-state index contributed by atoms with van der Waals surface area (Å²) in [6, 6.07) is 1.53. The molecule has 1 rings (SSSR count). The van der Waals surface area contributed by atoms with E-state index in [4.69, 9.17) is 0 Å². The quantitative estimate of drug-likeness (QED) is 0.588. The first kappa shape index (κ1) is 12.7. The van der Waals surface area contributed by atoms with Gasteiger partial charge in [-0.1, -0.05) is 13.0 Å². The van der Waals surface area contributed by atoms with Gasteiger partial charge in [-0.05, 0) is 39.2 Å². The second-order valence-corrected chi connectivity index (χ2v) is 4.58. The van der Waals surface area contributed by atoms with Crippen LogP contribution in [0.1, 0.15) is 39.5 Å². The van der Waals surface area contributed by atoms with Gasteiger partial charge in [0.25, 0.3) is 0 Å². The van der Waals surface area contributed by atoms with Crippen LogP contribution < -0.4 is 5.32 Å². The molecular weight excluding hydrogens is 184 g/mol. The molecule has 1 saturated carbocycles. The van der Waals surface area contributed by atoms with E-state index in [1.165, 1.54) is 32.4 Å². The molecule has 0 aromatic carbocycles. The molecule has 1 unspecified atom stereocenters. The lowest BCUT2D eigenvalue weighted by Crippen LogP contribution is -2.36. The van der Waals surface area contributed by atoms with Gasteiger partial charge in [0.15, 0.2) is 0 Å². The molecule has 1 aliphatic rings. The normalized spacial score (nSPS) is 18.1. The summed E-state index contributed by atoms with van der Waals surface area (Å²) in [5.41, 5.74) is 0. The van der Waals surface area contributed by atoms with E-state index in [1.807, 2.05) is 6.08 Å². The lowest BCUT2D eigenvalue weighted by atomic mass is 10.2. The SMILES string of the molecule is C=CCCC(C)NCCN(CC)C1CC1. The van der Waals surface area contributed by atoms with Crippen molar-refractivity contribution in [3.8, 4) is 0 Å². The molecule has 15 heavy (non-hydrogen) atoms. The number of nitrogens with zero attached hydrogens (tertiary/aromatic N) is 1. The van der Waals surface area contributed by atoms with Gasteiger partial charge in [0.1, 0.15) is 0 Å². The van der Waals surface area contributed by atoms with E-state index >= 15 is 0 Å². The topological polar surface area (TPSA) is 15.3 Å². The molecule has 0 saturated heterocycles. The van der Waals surface area contributed by atoms with Crippen LogP contribution in [0, 0.1) is 0 Å². The third-order valence-electron chi connectivity index (χ3n) is 3.17. The maximum absolute atomic E-state index is 3.75. The summed E-state index contributed by atoms with van der Waals surface area (Å²) in [5.74, 6) is 0. The van der Waals surface area contributed by atoms with Crippen molar-refractivity contribution in [1.29, 1.82) is 0 Å². The molecule has 1 aliphatic carbocycles. The van der Waals surface area contributed by atoms with Crippen LogP contribution in [0.4, 0.5) is 0 Å². The molecule has 0 radical (unpaired) electrons. The minimum atomic E-state index is 0.626. The highest BCUT2D eigenvalue weighted by Gasteiger charge is 2.27. The van der Waals surface area contributed by atoms with Crippen molar-refractivity contribution in [3.63, 3.8) is 0 Å². The maximum Gasteiger partial charge on any atom is 0.0110 e. The van der Waals surface area contributed by atoms with Crippen molar-refractivity contribution in [2.24, 2.45) is 0 Å². The summed E-state index contributed by atoms with van der Waals surface area (Å²) < 4.78 is 0. The maximum atomic E-state index is 3.75. The first-order valence-electron chi connectivity index (χ1n) is 6.36. The van der Waals surface area contributed by atoms with Crippen LogP contribution in [0.25, 0.3) is 0 Å². The van der Waals surface area contributed by atoms with Gasteiger partial charge in [-0.15, -0.1) is 6.58 Å². The lowest BCUT2D eigenvalue weighted by molar-refractivity contribution is 0.272. The van der Waals surface area contributed by atoms with Gasteiger partial charge in [0.2, 0.25) is 0 Å². The monoisotopic (exact) mass is 210 g/mol. The van der Waals surface area contributed by atoms with Crippen molar-refractivity contribution in [2.75, 3.05) is 19.6 Å². The van der Waals surface area contributed by atoms with Crippen LogP contribution in [0.2, 0.25) is 0 Å². The molecule has 1 N–H and O–H groups in total. The third-order valence-corrected chi connectivity index (χ3v) is 3.17. The Morgan fingerprint density at radius 2 is 2.27 bits per heavy atom. The number of allylic oxidation sites excluding steroid dienone is 1. The molecule has 2 heteroatoms. The molecule has 0 aromatic rings. The molecule has 0 bridgehead atoms. The Balaban J connectivity index is 2.00. The molecule has 0 aliphatic heterocycles. The summed E-state index contributed by atoms with van der Waals surface area (Å²) in [4.78, 5) is 2.59. The van der Waals surface area contributed by atoms with Crippen molar-refractivity contribution >= 4 is 0 Å². The highest BCUT2D eigenvalue weighted by atomic mass is 15.2. The Bertz CT molecular complexity index is 175.